The Morgan fingerprint density at radius 1 is 1.18 bits per heavy atom. The van der Waals surface area contributed by atoms with Crippen molar-refractivity contribution in [2.24, 2.45) is 23.2 Å². The molecule has 6 aliphatic rings. The van der Waals surface area contributed by atoms with E-state index in [2.05, 4.69) is 6.92 Å². The first-order valence-electron chi connectivity index (χ1n) is 13.9. The lowest BCUT2D eigenvalue weighted by Gasteiger charge is -2.51. The first-order valence-corrected chi connectivity index (χ1v) is 13.9. The fourth-order valence-electron chi connectivity index (χ4n) is 7.86. The van der Waals surface area contributed by atoms with Crippen LogP contribution >= 0.6 is 0 Å². The van der Waals surface area contributed by atoms with E-state index in [1.54, 1.807) is 14.0 Å². The Kier molecular flexibility index (Phi) is 6.80. The van der Waals surface area contributed by atoms with Gasteiger partial charge in [0.05, 0.1) is 42.9 Å². The molecule has 1 saturated carbocycles. The fraction of sp³-hybridized carbons (Fsp3) is 0.821. The fourth-order valence-corrected chi connectivity index (χ4v) is 7.86. The number of hydrogen-bond donors (Lipinski definition) is 3. The molecule has 4 fully saturated rings. The molecule has 3 N–H and O–H groups in total. The Hall–Kier alpha value is -1.37. The SMILES string of the molecule is CO[C@@H]1C[C@H](O[C@H]2CC[C@@]3(C)C(=C[C@@H](O)[C@H]4C(=O)O[C@@H]5CO[C@]6(C)O[C@H](O)/C(=C\C[C@@H]43)[C@H]56)C2)O[C@H](C)[C@H]1O. The van der Waals surface area contributed by atoms with Crippen LogP contribution in [0.4, 0.5) is 0 Å². The molecule has 0 radical (unpaired) electrons. The molecule has 0 bridgehead atoms. The number of rotatable bonds is 3. The second kappa shape index (κ2) is 9.62. The molecule has 0 aromatic rings. The van der Waals surface area contributed by atoms with Gasteiger partial charge in [-0.2, -0.15) is 0 Å². The van der Waals surface area contributed by atoms with Gasteiger partial charge in [0.25, 0.3) is 0 Å². The van der Waals surface area contributed by atoms with Crippen LogP contribution in [0.3, 0.4) is 0 Å². The van der Waals surface area contributed by atoms with Crippen molar-refractivity contribution in [3.63, 3.8) is 0 Å². The highest BCUT2D eigenvalue weighted by atomic mass is 16.8. The van der Waals surface area contributed by atoms with E-state index in [4.69, 9.17) is 28.4 Å². The number of ether oxygens (including phenoxy) is 6. The molecular formula is C28H40O10. The predicted molar refractivity (Wildman–Crippen MR) is 131 cm³/mol. The normalized spacial score (nSPS) is 53.8. The zero-order valence-corrected chi connectivity index (χ0v) is 22.4. The maximum absolute atomic E-state index is 13.5. The van der Waals surface area contributed by atoms with E-state index in [1.807, 2.05) is 19.1 Å². The number of methoxy groups -OCH3 is 1. The molecule has 4 aliphatic heterocycles. The van der Waals surface area contributed by atoms with Crippen molar-refractivity contribution in [3.8, 4) is 0 Å². The molecule has 3 saturated heterocycles. The minimum absolute atomic E-state index is 0.119. The van der Waals surface area contributed by atoms with Crippen molar-refractivity contribution in [2.45, 2.75) is 108 Å². The maximum Gasteiger partial charge on any atom is 0.312 e. The molecule has 2 aliphatic carbocycles. The van der Waals surface area contributed by atoms with Gasteiger partial charge >= 0.3 is 5.97 Å². The van der Waals surface area contributed by atoms with Crippen LogP contribution in [0.1, 0.15) is 52.9 Å². The summed E-state index contributed by atoms with van der Waals surface area (Å²) in [7, 11) is 1.58. The third kappa shape index (κ3) is 4.19. The van der Waals surface area contributed by atoms with E-state index in [9.17, 15) is 20.1 Å². The van der Waals surface area contributed by atoms with Crippen molar-refractivity contribution in [2.75, 3.05) is 13.7 Å². The topological polar surface area (TPSA) is 133 Å². The highest BCUT2D eigenvalue weighted by Crippen LogP contribution is 2.57. The van der Waals surface area contributed by atoms with E-state index in [0.717, 1.165) is 18.4 Å². The van der Waals surface area contributed by atoms with E-state index in [-0.39, 0.29) is 36.1 Å². The van der Waals surface area contributed by atoms with E-state index >= 15 is 0 Å². The van der Waals surface area contributed by atoms with Gasteiger partial charge in [0, 0.05) is 13.5 Å². The second-order valence-corrected chi connectivity index (χ2v) is 12.2. The number of aliphatic hydroxyl groups is 3. The number of aliphatic hydroxyl groups excluding tert-OH is 3. The molecule has 212 valence electrons. The molecule has 0 aromatic heterocycles. The smallest absolute Gasteiger partial charge is 0.312 e. The largest absolute Gasteiger partial charge is 0.459 e. The molecular weight excluding hydrogens is 496 g/mol. The lowest BCUT2D eigenvalue weighted by Crippen LogP contribution is -2.52. The number of esters is 1. The summed E-state index contributed by atoms with van der Waals surface area (Å²) in [6, 6.07) is 0. The van der Waals surface area contributed by atoms with E-state index in [0.29, 0.717) is 24.8 Å². The third-order valence-electron chi connectivity index (χ3n) is 10.1. The number of allylic oxidation sites excluding steroid dienone is 1. The average molecular weight is 537 g/mol. The van der Waals surface area contributed by atoms with Gasteiger partial charge in [-0.25, -0.2) is 0 Å². The monoisotopic (exact) mass is 536 g/mol. The van der Waals surface area contributed by atoms with Crippen molar-refractivity contribution >= 4 is 5.97 Å². The Morgan fingerprint density at radius 3 is 2.74 bits per heavy atom. The molecule has 0 aromatic carbocycles. The summed E-state index contributed by atoms with van der Waals surface area (Å²) in [6.45, 7) is 5.92. The van der Waals surface area contributed by atoms with Crippen molar-refractivity contribution < 1.29 is 48.5 Å². The van der Waals surface area contributed by atoms with Crippen molar-refractivity contribution in [3.05, 3.63) is 23.3 Å². The zero-order chi connectivity index (χ0) is 27.0. The Morgan fingerprint density at radius 2 is 1.97 bits per heavy atom. The quantitative estimate of drug-likeness (QED) is 0.360. The number of hydrogen-bond acceptors (Lipinski definition) is 10. The molecule has 13 atom stereocenters. The van der Waals surface area contributed by atoms with Gasteiger partial charge < -0.3 is 43.7 Å². The van der Waals surface area contributed by atoms with Crippen molar-refractivity contribution in [1.82, 2.24) is 0 Å². The Labute approximate surface area is 222 Å². The van der Waals surface area contributed by atoms with Crippen LogP contribution in [0.2, 0.25) is 0 Å². The van der Waals surface area contributed by atoms with Crippen LogP contribution in [0.5, 0.6) is 0 Å². The summed E-state index contributed by atoms with van der Waals surface area (Å²) in [6.07, 6.45) is 2.15. The van der Waals surface area contributed by atoms with Gasteiger partial charge in [0.15, 0.2) is 18.4 Å². The summed E-state index contributed by atoms with van der Waals surface area (Å²) in [4.78, 5) is 13.5. The molecule has 10 nitrogen and oxygen atoms in total. The highest BCUT2D eigenvalue weighted by molar-refractivity contribution is 5.75. The van der Waals surface area contributed by atoms with Crippen LogP contribution in [-0.4, -0.2) is 90.0 Å². The minimum Gasteiger partial charge on any atom is -0.459 e. The molecule has 0 spiro atoms. The minimum atomic E-state index is -1.11. The van der Waals surface area contributed by atoms with Gasteiger partial charge in [0.1, 0.15) is 12.2 Å². The van der Waals surface area contributed by atoms with Crippen LogP contribution in [0.15, 0.2) is 23.3 Å². The Balaban J connectivity index is 1.24. The van der Waals surface area contributed by atoms with Gasteiger partial charge in [-0.05, 0) is 56.4 Å². The average Bonchev–Trinajstić information content (AvgIpc) is 3.32. The van der Waals surface area contributed by atoms with Crippen LogP contribution in [0, 0.1) is 23.2 Å². The van der Waals surface area contributed by atoms with Gasteiger partial charge in [0.2, 0.25) is 0 Å². The lowest BCUT2D eigenvalue weighted by molar-refractivity contribution is -0.265. The summed E-state index contributed by atoms with van der Waals surface area (Å²) < 4.78 is 35.2. The van der Waals surface area contributed by atoms with E-state index in [1.165, 1.54) is 0 Å². The van der Waals surface area contributed by atoms with Crippen LogP contribution in [0.25, 0.3) is 0 Å². The summed E-state index contributed by atoms with van der Waals surface area (Å²) in [5.74, 6) is -2.77. The third-order valence-corrected chi connectivity index (χ3v) is 10.1. The standard InChI is InChI=1S/C28H40O10/c1-13-24(30)19(33-4)11-21(35-13)36-15-7-8-27(2)14(9-15)10-18(29)22-17(27)6-5-16-23-20(37-26(22)32)12-34-28(23,3)38-25(16)31/h5,10,13,15,17-25,29-31H,6-9,11-12H2,1-4H3/b16-5-/t13-,15+,17+,18-,19-,20-,21+,22+,23-,24-,25+,27+,28-/m1/s1. The predicted octanol–water partition coefficient (Wildman–Crippen LogP) is 1.56. The van der Waals surface area contributed by atoms with Gasteiger partial charge in [-0.1, -0.05) is 24.6 Å². The second-order valence-electron chi connectivity index (χ2n) is 12.2. The lowest BCUT2D eigenvalue weighted by atomic mass is 9.55. The summed E-state index contributed by atoms with van der Waals surface area (Å²) in [5, 5.41) is 32.2. The summed E-state index contributed by atoms with van der Waals surface area (Å²) in [5.41, 5.74) is 1.40. The number of carbonyl (C=O) groups is 1. The molecule has 6 rings (SSSR count). The maximum atomic E-state index is 13.5. The van der Waals surface area contributed by atoms with Crippen LogP contribution < -0.4 is 0 Å². The highest BCUT2D eigenvalue weighted by Gasteiger charge is 2.61. The Bertz CT molecular complexity index is 1010. The first kappa shape index (κ1) is 26.8. The van der Waals surface area contributed by atoms with Gasteiger partial charge in [-0.15, -0.1) is 0 Å². The molecule has 0 amide bonds. The van der Waals surface area contributed by atoms with Crippen LogP contribution in [-0.2, 0) is 33.2 Å². The van der Waals surface area contributed by atoms with Gasteiger partial charge in [-0.3, -0.25) is 4.79 Å². The molecule has 10 heteroatoms. The summed E-state index contributed by atoms with van der Waals surface area (Å²) >= 11 is 0. The number of carbonyl (C=O) groups excluding carboxylic acids is 1. The molecule has 38 heavy (non-hydrogen) atoms. The molecule has 0 unspecified atom stereocenters. The van der Waals surface area contributed by atoms with Crippen molar-refractivity contribution in [1.29, 1.82) is 0 Å². The zero-order valence-electron chi connectivity index (χ0n) is 22.4. The number of fused-ring (bicyclic) bond motifs is 3. The first-order chi connectivity index (χ1) is 18.0. The van der Waals surface area contributed by atoms with E-state index < -0.39 is 54.7 Å². The molecule has 4 heterocycles.